The smallest absolute Gasteiger partial charge is 0.307 e. The van der Waals surface area contributed by atoms with E-state index in [-0.39, 0.29) is 12.4 Å². The summed E-state index contributed by atoms with van der Waals surface area (Å²) in [6.07, 6.45) is 2.65. The van der Waals surface area contributed by atoms with Crippen LogP contribution in [0.5, 0.6) is 0 Å². The highest BCUT2D eigenvalue weighted by atomic mass is 16.5. The molecule has 0 aliphatic rings. The molecular weight excluding hydrogens is 196 g/mol. The first-order valence-corrected chi connectivity index (χ1v) is 4.82. The average Bonchev–Trinajstić information content (AvgIpc) is 2.56. The van der Waals surface area contributed by atoms with E-state index in [0.29, 0.717) is 24.4 Å². The Morgan fingerprint density at radius 1 is 1.67 bits per heavy atom. The second kappa shape index (κ2) is 5.29. The third-order valence-corrected chi connectivity index (χ3v) is 1.96. The molecule has 0 aromatic carbocycles. The first-order chi connectivity index (χ1) is 7.17. The molecule has 0 radical (unpaired) electrons. The second-order valence-corrected chi connectivity index (χ2v) is 3.11. The number of hydrogen-bond acceptors (Lipinski definition) is 4. The molecule has 0 fully saturated rings. The molecule has 5 heteroatoms. The Labute approximate surface area is 88.0 Å². The van der Waals surface area contributed by atoms with Crippen LogP contribution in [-0.4, -0.2) is 28.6 Å². The summed E-state index contributed by atoms with van der Waals surface area (Å²) in [7, 11) is 0. The van der Waals surface area contributed by atoms with Crippen molar-refractivity contribution in [2.75, 3.05) is 6.61 Å². The van der Waals surface area contributed by atoms with Crippen LogP contribution in [0, 0.1) is 6.92 Å². The molecule has 0 aliphatic heterocycles. The molecule has 0 aliphatic carbocycles. The molecule has 0 bridgehead atoms. The fourth-order valence-corrected chi connectivity index (χ4v) is 1.20. The van der Waals surface area contributed by atoms with Crippen LogP contribution in [0.1, 0.15) is 29.4 Å². The fraction of sp³-hybridized carbons (Fsp3) is 0.500. The Kier molecular flexibility index (Phi) is 4.03. The maximum Gasteiger partial charge on any atom is 0.307 e. The molecule has 5 nitrogen and oxygen atoms in total. The molecular formula is C10H14N2O3. The van der Waals surface area contributed by atoms with Crippen LogP contribution >= 0.6 is 0 Å². The molecule has 1 rings (SSSR count). The van der Waals surface area contributed by atoms with E-state index in [9.17, 15) is 9.59 Å². The first-order valence-electron chi connectivity index (χ1n) is 4.82. The maximum absolute atomic E-state index is 11.0. The van der Waals surface area contributed by atoms with Gasteiger partial charge in [-0.05, 0) is 13.8 Å². The summed E-state index contributed by atoms with van der Waals surface area (Å²) in [6.45, 7) is 4.34. The first kappa shape index (κ1) is 11.4. The highest BCUT2D eigenvalue weighted by Crippen LogP contribution is 2.03. The van der Waals surface area contributed by atoms with Gasteiger partial charge in [-0.25, -0.2) is 0 Å². The van der Waals surface area contributed by atoms with Gasteiger partial charge in [0.15, 0.2) is 6.29 Å². The van der Waals surface area contributed by atoms with Gasteiger partial charge in [0.25, 0.3) is 0 Å². The lowest BCUT2D eigenvalue weighted by molar-refractivity contribution is -0.143. The monoisotopic (exact) mass is 210 g/mol. The molecule has 0 atom stereocenters. The number of carbonyl (C=O) groups is 2. The van der Waals surface area contributed by atoms with E-state index in [1.807, 2.05) is 0 Å². The van der Waals surface area contributed by atoms with Crippen molar-refractivity contribution in [2.45, 2.75) is 26.8 Å². The van der Waals surface area contributed by atoms with E-state index in [4.69, 9.17) is 4.74 Å². The molecule has 1 aromatic heterocycles. The Morgan fingerprint density at radius 2 is 2.40 bits per heavy atom. The lowest BCUT2D eigenvalue weighted by Gasteiger charge is -2.01. The molecule has 1 aromatic rings. The van der Waals surface area contributed by atoms with Crippen molar-refractivity contribution in [1.82, 2.24) is 9.78 Å². The molecule has 0 amide bonds. The van der Waals surface area contributed by atoms with Gasteiger partial charge in [0.05, 0.1) is 30.8 Å². The van der Waals surface area contributed by atoms with Crippen molar-refractivity contribution in [3.63, 3.8) is 0 Å². The van der Waals surface area contributed by atoms with Crippen molar-refractivity contribution >= 4 is 12.3 Å². The standard InChI is InChI=1S/C10H14N2O3/c1-3-15-10(14)4-5-12-6-9(7-13)8(2)11-12/h6-7H,3-5H2,1-2H3. The van der Waals surface area contributed by atoms with Gasteiger partial charge in [-0.2, -0.15) is 5.10 Å². The average molecular weight is 210 g/mol. The minimum absolute atomic E-state index is 0.252. The summed E-state index contributed by atoms with van der Waals surface area (Å²) in [5.74, 6) is -0.252. The summed E-state index contributed by atoms with van der Waals surface area (Å²) >= 11 is 0. The number of aldehydes is 1. The van der Waals surface area contributed by atoms with E-state index >= 15 is 0 Å². The molecule has 82 valence electrons. The minimum Gasteiger partial charge on any atom is -0.466 e. The predicted molar refractivity (Wildman–Crippen MR) is 53.6 cm³/mol. The van der Waals surface area contributed by atoms with Gasteiger partial charge < -0.3 is 4.74 Å². The second-order valence-electron chi connectivity index (χ2n) is 3.11. The third kappa shape index (κ3) is 3.19. The number of esters is 1. The van der Waals surface area contributed by atoms with Crippen LogP contribution in [0.15, 0.2) is 6.20 Å². The Balaban J connectivity index is 2.50. The van der Waals surface area contributed by atoms with Gasteiger partial charge >= 0.3 is 5.97 Å². The number of rotatable bonds is 5. The van der Waals surface area contributed by atoms with E-state index in [2.05, 4.69) is 5.10 Å². The van der Waals surface area contributed by atoms with E-state index in [1.165, 1.54) is 0 Å². The zero-order valence-corrected chi connectivity index (χ0v) is 8.90. The number of aryl methyl sites for hydroxylation is 2. The van der Waals surface area contributed by atoms with Crippen LogP contribution in [0.3, 0.4) is 0 Å². The molecule has 0 N–H and O–H groups in total. The van der Waals surface area contributed by atoms with Crippen LogP contribution < -0.4 is 0 Å². The quantitative estimate of drug-likeness (QED) is 0.536. The van der Waals surface area contributed by atoms with Crippen LogP contribution in [0.25, 0.3) is 0 Å². The Hall–Kier alpha value is -1.65. The van der Waals surface area contributed by atoms with Crippen molar-refractivity contribution < 1.29 is 14.3 Å². The molecule has 0 spiro atoms. The summed E-state index contributed by atoms with van der Waals surface area (Å²) in [4.78, 5) is 21.6. The Morgan fingerprint density at radius 3 is 2.93 bits per heavy atom. The van der Waals surface area contributed by atoms with Crippen molar-refractivity contribution in [1.29, 1.82) is 0 Å². The number of nitrogens with zero attached hydrogens (tertiary/aromatic N) is 2. The molecule has 0 unspecified atom stereocenters. The van der Waals surface area contributed by atoms with Gasteiger partial charge in [0, 0.05) is 6.20 Å². The van der Waals surface area contributed by atoms with Crippen molar-refractivity contribution in [2.24, 2.45) is 0 Å². The molecule has 0 saturated heterocycles. The summed E-state index contributed by atoms with van der Waals surface area (Å²) in [5.41, 5.74) is 1.23. The van der Waals surface area contributed by atoms with Crippen LogP contribution in [0.4, 0.5) is 0 Å². The fourth-order valence-electron chi connectivity index (χ4n) is 1.20. The topological polar surface area (TPSA) is 61.2 Å². The van der Waals surface area contributed by atoms with Crippen LogP contribution in [0.2, 0.25) is 0 Å². The van der Waals surface area contributed by atoms with Crippen molar-refractivity contribution in [3.8, 4) is 0 Å². The zero-order valence-electron chi connectivity index (χ0n) is 8.90. The summed E-state index contributed by atoms with van der Waals surface area (Å²) in [5, 5.41) is 4.09. The summed E-state index contributed by atoms with van der Waals surface area (Å²) in [6, 6.07) is 0. The summed E-state index contributed by atoms with van der Waals surface area (Å²) < 4.78 is 6.36. The van der Waals surface area contributed by atoms with Gasteiger partial charge in [-0.1, -0.05) is 0 Å². The Bertz CT molecular complexity index is 358. The van der Waals surface area contributed by atoms with Crippen molar-refractivity contribution in [3.05, 3.63) is 17.5 Å². The SMILES string of the molecule is CCOC(=O)CCn1cc(C=O)c(C)n1. The lowest BCUT2D eigenvalue weighted by atomic mass is 10.3. The normalized spacial score (nSPS) is 10.0. The molecule has 15 heavy (non-hydrogen) atoms. The predicted octanol–water partition coefficient (Wildman–Crippen LogP) is 0.957. The van der Waals surface area contributed by atoms with Gasteiger partial charge in [0.2, 0.25) is 0 Å². The maximum atomic E-state index is 11.0. The van der Waals surface area contributed by atoms with Crippen LogP contribution in [-0.2, 0) is 16.1 Å². The highest BCUT2D eigenvalue weighted by molar-refractivity contribution is 5.75. The molecule has 0 saturated carbocycles. The highest BCUT2D eigenvalue weighted by Gasteiger charge is 2.06. The number of hydrogen-bond donors (Lipinski definition) is 0. The minimum atomic E-state index is -0.252. The molecule has 1 heterocycles. The van der Waals surface area contributed by atoms with E-state index in [0.717, 1.165) is 6.29 Å². The number of carbonyl (C=O) groups excluding carboxylic acids is 2. The van der Waals surface area contributed by atoms with Gasteiger partial charge in [-0.15, -0.1) is 0 Å². The number of aromatic nitrogens is 2. The van der Waals surface area contributed by atoms with Gasteiger partial charge in [-0.3, -0.25) is 14.3 Å². The third-order valence-electron chi connectivity index (χ3n) is 1.96. The zero-order chi connectivity index (χ0) is 11.3. The van der Waals surface area contributed by atoms with E-state index in [1.54, 1.807) is 24.7 Å². The number of ether oxygens (including phenoxy) is 1. The largest absolute Gasteiger partial charge is 0.466 e. The van der Waals surface area contributed by atoms with Gasteiger partial charge in [0.1, 0.15) is 0 Å². The lowest BCUT2D eigenvalue weighted by Crippen LogP contribution is -2.09. The van der Waals surface area contributed by atoms with E-state index < -0.39 is 0 Å².